The normalized spacial score (nSPS) is 12.0. The molecule has 1 unspecified atom stereocenters. The van der Waals surface area contributed by atoms with Crippen molar-refractivity contribution in [2.45, 2.75) is 13.0 Å². The van der Waals surface area contributed by atoms with Gasteiger partial charge in [-0.1, -0.05) is 27.5 Å². The van der Waals surface area contributed by atoms with Crippen molar-refractivity contribution in [3.63, 3.8) is 0 Å². The first-order valence-corrected chi connectivity index (χ1v) is 8.49. The summed E-state index contributed by atoms with van der Waals surface area (Å²) in [5, 5.41) is 17.3. The van der Waals surface area contributed by atoms with Crippen molar-refractivity contribution in [3.8, 4) is 11.5 Å². The van der Waals surface area contributed by atoms with Crippen LogP contribution in [-0.2, 0) is 4.79 Å². The molecular formula is C17H17BrClN3O3. The maximum absolute atomic E-state index is 12.1. The first-order valence-electron chi connectivity index (χ1n) is 7.32. The Kier molecular flexibility index (Phi) is 6.66. The predicted octanol–water partition coefficient (Wildman–Crippen LogP) is 3.77. The van der Waals surface area contributed by atoms with Crippen LogP contribution in [0.3, 0.4) is 0 Å². The summed E-state index contributed by atoms with van der Waals surface area (Å²) in [6.45, 7) is 1.72. The van der Waals surface area contributed by atoms with E-state index in [1.807, 2.05) is 24.3 Å². The molecule has 132 valence electrons. The van der Waals surface area contributed by atoms with Gasteiger partial charge in [0, 0.05) is 26.8 Å². The molecule has 0 bridgehead atoms. The Bertz CT molecular complexity index is 781. The largest absolute Gasteiger partial charge is 0.504 e. The minimum atomic E-state index is -0.499. The Morgan fingerprint density at radius 2 is 2.04 bits per heavy atom. The summed E-state index contributed by atoms with van der Waals surface area (Å²) >= 11 is 9.29. The molecule has 0 saturated heterocycles. The summed E-state index contributed by atoms with van der Waals surface area (Å²) < 4.78 is 5.97. The molecule has 0 spiro atoms. The number of hydrogen-bond donors (Lipinski definition) is 3. The molecule has 0 radical (unpaired) electrons. The van der Waals surface area contributed by atoms with Gasteiger partial charge in [0.1, 0.15) is 6.04 Å². The highest BCUT2D eigenvalue weighted by molar-refractivity contribution is 9.10. The van der Waals surface area contributed by atoms with Gasteiger partial charge >= 0.3 is 0 Å². The lowest BCUT2D eigenvalue weighted by Crippen LogP contribution is -2.34. The van der Waals surface area contributed by atoms with Crippen molar-refractivity contribution in [1.82, 2.24) is 5.43 Å². The molecule has 25 heavy (non-hydrogen) atoms. The quantitative estimate of drug-likeness (QED) is 0.485. The van der Waals surface area contributed by atoms with E-state index in [-0.39, 0.29) is 17.4 Å². The molecule has 0 heterocycles. The molecule has 1 amide bonds. The highest BCUT2D eigenvalue weighted by Crippen LogP contribution is 2.32. The van der Waals surface area contributed by atoms with Gasteiger partial charge in [-0.2, -0.15) is 5.10 Å². The number of anilines is 1. The fourth-order valence-electron chi connectivity index (χ4n) is 1.97. The smallest absolute Gasteiger partial charge is 0.262 e. The van der Waals surface area contributed by atoms with Gasteiger partial charge in [0.05, 0.1) is 13.3 Å². The predicted molar refractivity (Wildman–Crippen MR) is 103 cm³/mol. The number of halogens is 2. The maximum Gasteiger partial charge on any atom is 0.262 e. The Hall–Kier alpha value is -2.25. The molecule has 0 aliphatic rings. The van der Waals surface area contributed by atoms with Crippen LogP contribution in [0, 0.1) is 0 Å². The summed E-state index contributed by atoms with van der Waals surface area (Å²) in [7, 11) is 1.42. The van der Waals surface area contributed by atoms with Gasteiger partial charge in [0.2, 0.25) is 0 Å². The topological polar surface area (TPSA) is 83.0 Å². The molecule has 0 saturated carbocycles. The number of hydrazone groups is 1. The van der Waals surface area contributed by atoms with Crippen LogP contribution in [-0.4, -0.2) is 30.4 Å². The molecule has 6 nitrogen and oxygen atoms in total. The van der Waals surface area contributed by atoms with Gasteiger partial charge in [-0.05, 0) is 37.3 Å². The highest BCUT2D eigenvalue weighted by Gasteiger charge is 2.12. The number of benzene rings is 2. The number of aromatic hydroxyl groups is 1. The lowest BCUT2D eigenvalue weighted by atomic mass is 10.2. The van der Waals surface area contributed by atoms with Crippen molar-refractivity contribution < 1.29 is 14.6 Å². The standard InChI is InChI=1S/C17H17BrClN3O3/c1-10(21-14-5-3-12(18)4-6-14)17(24)22-20-9-11-7-13(19)8-15(25-2)16(11)23/h3-10,21,23H,1-2H3,(H,22,24)/b20-9+. The molecule has 2 aromatic carbocycles. The van der Waals surface area contributed by atoms with Crippen LogP contribution in [0.5, 0.6) is 11.5 Å². The van der Waals surface area contributed by atoms with Crippen LogP contribution >= 0.6 is 27.5 Å². The van der Waals surface area contributed by atoms with Crippen LogP contribution in [0.2, 0.25) is 5.02 Å². The van der Waals surface area contributed by atoms with E-state index in [1.165, 1.54) is 25.5 Å². The maximum atomic E-state index is 12.1. The van der Waals surface area contributed by atoms with Crippen molar-refractivity contribution in [2.24, 2.45) is 5.10 Å². The lowest BCUT2D eigenvalue weighted by Gasteiger charge is -2.13. The first-order chi connectivity index (χ1) is 11.9. The zero-order valence-corrected chi connectivity index (χ0v) is 15.9. The average Bonchev–Trinajstić information content (AvgIpc) is 2.59. The number of nitrogens with one attached hydrogen (secondary N) is 2. The minimum absolute atomic E-state index is 0.106. The Morgan fingerprint density at radius 1 is 1.36 bits per heavy atom. The van der Waals surface area contributed by atoms with Gasteiger partial charge in [-0.3, -0.25) is 4.79 Å². The second-order valence-electron chi connectivity index (χ2n) is 5.15. The van der Waals surface area contributed by atoms with Crippen molar-refractivity contribution >= 4 is 45.3 Å². The Balaban J connectivity index is 1.98. The fourth-order valence-corrected chi connectivity index (χ4v) is 2.45. The molecule has 8 heteroatoms. The second kappa shape index (κ2) is 8.73. The molecule has 2 rings (SSSR count). The van der Waals surface area contributed by atoms with Gasteiger partial charge < -0.3 is 15.2 Å². The SMILES string of the molecule is COc1cc(Cl)cc(/C=N/NC(=O)C(C)Nc2ccc(Br)cc2)c1O. The summed E-state index contributed by atoms with van der Waals surface area (Å²) in [5.74, 6) is -0.205. The molecule has 0 aromatic heterocycles. The van der Waals surface area contributed by atoms with Gasteiger partial charge in [-0.25, -0.2) is 5.43 Å². The molecule has 3 N–H and O–H groups in total. The van der Waals surface area contributed by atoms with Crippen molar-refractivity contribution in [3.05, 3.63) is 51.5 Å². The van der Waals surface area contributed by atoms with E-state index in [0.717, 1.165) is 10.2 Å². The third kappa shape index (κ3) is 5.37. The van der Waals surface area contributed by atoms with Crippen LogP contribution in [0.15, 0.2) is 46.0 Å². The molecule has 1 atom stereocenters. The number of phenolic OH excluding ortho intramolecular Hbond substituents is 1. The van der Waals surface area contributed by atoms with E-state index in [9.17, 15) is 9.90 Å². The van der Waals surface area contributed by atoms with Crippen LogP contribution < -0.4 is 15.5 Å². The van der Waals surface area contributed by atoms with Crippen LogP contribution in [0.25, 0.3) is 0 Å². The second-order valence-corrected chi connectivity index (χ2v) is 6.51. The van der Waals surface area contributed by atoms with E-state index >= 15 is 0 Å². The zero-order chi connectivity index (χ0) is 18.4. The van der Waals surface area contributed by atoms with Gasteiger partial charge in [0.15, 0.2) is 11.5 Å². The minimum Gasteiger partial charge on any atom is -0.504 e. The fraction of sp³-hybridized carbons (Fsp3) is 0.176. The molecule has 2 aromatic rings. The van der Waals surface area contributed by atoms with E-state index in [1.54, 1.807) is 6.92 Å². The van der Waals surface area contributed by atoms with Crippen LogP contribution in [0.1, 0.15) is 12.5 Å². The zero-order valence-electron chi connectivity index (χ0n) is 13.6. The van der Waals surface area contributed by atoms with E-state index < -0.39 is 6.04 Å². The van der Waals surface area contributed by atoms with Gasteiger partial charge in [-0.15, -0.1) is 0 Å². The number of hydrogen-bond acceptors (Lipinski definition) is 5. The molecule has 0 fully saturated rings. The third-order valence-electron chi connectivity index (χ3n) is 3.29. The average molecular weight is 427 g/mol. The highest BCUT2D eigenvalue weighted by atomic mass is 79.9. The number of rotatable bonds is 6. The van der Waals surface area contributed by atoms with E-state index in [4.69, 9.17) is 16.3 Å². The Morgan fingerprint density at radius 3 is 2.68 bits per heavy atom. The molecule has 0 aliphatic carbocycles. The van der Waals surface area contributed by atoms with Crippen LogP contribution in [0.4, 0.5) is 5.69 Å². The third-order valence-corrected chi connectivity index (χ3v) is 4.04. The van der Waals surface area contributed by atoms with Gasteiger partial charge in [0.25, 0.3) is 5.91 Å². The van der Waals surface area contributed by atoms with Crippen molar-refractivity contribution in [1.29, 1.82) is 0 Å². The van der Waals surface area contributed by atoms with E-state index in [2.05, 4.69) is 31.8 Å². The molecular weight excluding hydrogens is 410 g/mol. The lowest BCUT2D eigenvalue weighted by molar-refractivity contribution is -0.121. The molecule has 0 aliphatic heterocycles. The monoisotopic (exact) mass is 425 g/mol. The number of phenols is 1. The number of amides is 1. The number of ether oxygens (including phenoxy) is 1. The first kappa shape index (κ1) is 19.1. The summed E-state index contributed by atoms with van der Waals surface area (Å²) in [4.78, 5) is 12.1. The van der Waals surface area contributed by atoms with Crippen molar-refractivity contribution in [2.75, 3.05) is 12.4 Å². The summed E-state index contributed by atoms with van der Waals surface area (Å²) in [6, 6.07) is 9.96. The Labute approximate surface area is 159 Å². The van der Waals surface area contributed by atoms with E-state index in [0.29, 0.717) is 10.6 Å². The summed E-state index contributed by atoms with van der Waals surface area (Å²) in [5.41, 5.74) is 3.55. The summed E-state index contributed by atoms with van der Waals surface area (Å²) in [6.07, 6.45) is 1.30. The number of nitrogens with zero attached hydrogens (tertiary/aromatic N) is 1. The number of carbonyl (C=O) groups excluding carboxylic acids is 1. The number of methoxy groups -OCH3 is 1. The number of carbonyl (C=O) groups is 1.